The Labute approximate surface area is 140 Å². The van der Waals surface area contributed by atoms with Crippen molar-refractivity contribution in [1.82, 2.24) is 0 Å². The van der Waals surface area contributed by atoms with Crippen molar-refractivity contribution < 1.29 is 9.59 Å². The zero-order valence-electron chi connectivity index (χ0n) is 12.9. The number of anilines is 1. The molecule has 1 aliphatic rings. The molecule has 0 bridgehead atoms. The Balaban J connectivity index is 1.73. The zero-order chi connectivity index (χ0) is 16.7. The molecule has 7 heteroatoms. The summed E-state index contributed by atoms with van der Waals surface area (Å²) in [6.45, 7) is 1.11. The van der Waals surface area contributed by atoms with E-state index in [0.29, 0.717) is 29.4 Å². The van der Waals surface area contributed by atoms with Gasteiger partial charge in [-0.1, -0.05) is 42.4 Å². The number of benzene rings is 1. The number of carbonyl (C=O) groups excluding carboxylic acids is 2. The van der Waals surface area contributed by atoms with Crippen molar-refractivity contribution in [2.45, 2.75) is 38.5 Å². The lowest BCUT2D eigenvalue weighted by atomic mass is 10.1. The summed E-state index contributed by atoms with van der Waals surface area (Å²) >= 11 is 5.88. The summed E-state index contributed by atoms with van der Waals surface area (Å²) in [5.41, 5.74) is 9.23. The molecule has 1 amide bonds. The molecule has 0 fully saturated rings. The van der Waals surface area contributed by atoms with Gasteiger partial charge >= 0.3 is 0 Å². The highest BCUT2D eigenvalue weighted by Gasteiger charge is 2.35. The molecule has 1 aromatic carbocycles. The third-order valence-corrected chi connectivity index (χ3v) is 4.12. The third kappa shape index (κ3) is 4.47. The molecule has 1 heterocycles. The lowest BCUT2D eigenvalue weighted by Gasteiger charge is -2.16. The quantitative estimate of drug-likeness (QED) is 0.218. The Kier molecular flexibility index (Phi) is 6.44. The van der Waals surface area contributed by atoms with Crippen LogP contribution in [0.3, 0.4) is 0 Å². The van der Waals surface area contributed by atoms with Crippen molar-refractivity contribution in [3.8, 4) is 0 Å². The summed E-state index contributed by atoms with van der Waals surface area (Å²) in [7, 11) is 0. The molecule has 0 saturated heterocycles. The molecule has 0 saturated carbocycles. The molecular formula is C16H19ClN4O2. The normalized spacial score (nSPS) is 13.2. The minimum atomic E-state index is -0.472. The van der Waals surface area contributed by atoms with Crippen molar-refractivity contribution in [3.63, 3.8) is 0 Å². The number of carbonyl (C=O) groups is 2. The Morgan fingerprint density at radius 1 is 1.09 bits per heavy atom. The number of azide groups is 1. The molecular weight excluding hydrogens is 316 g/mol. The summed E-state index contributed by atoms with van der Waals surface area (Å²) < 4.78 is 0. The van der Waals surface area contributed by atoms with Crippen molar-refractivity contribution in [1.29, 1.82) is 0 Å². The number of Topliss-reactive ketones (excluding diaryl/α,β-unsaturated/α-hetero) is 1. The van der Waals surface area contributed by atoms with Crippen LogP contribution in [0.5, 0.6) is 0 Å². The van der Waals surface area contributed by atoms with E-state index in [2.05, 4.69) is 10.0 Å². The predicted octanol–water partition coefficient (Wildman–Crippen LogP) is 4.52. The van der Waals surface area contributed by atoms with Crippen molar-refractivity contribution in [3.05, 3.63) is 39.2 Å². The number of nitrogens with zero attached hydrogens (tertiary/aromatic N) is 4. The number of hydrogen-bond acceptors (Lipinski definition) is 3. The average molecular weight is 335 g/mol. The van der Waals surface area contributed by atoms with E-state index in [-0.39, 0.29) is 0 Å². The minimum absolute atomic E-state index is 0.403. The van der Waals surface area contributed by atoms with E-state index in [1.165, 1.54) is 0 Å². The second-order valence-corrected chi connectivity index (χ2v) is 5.96. The maximum Gasteiger partial charge on any atom is 0.299 e. The highest BCUT2D eigenvalue weighted by molar-refractivity contribution is 6.52. The fraction of sp³-hybridized carbons (Fsp3) is 0.500. The van der Waals surface area contributed by atoms with Gasteiger partial charge in [0.2, 0.25) is 0 Å². The number of halogens is 1. The molecule has 0 aromatic heterocycles. The van der Waals surface area contributed by atoms with Crippen LogP contribution in [0.25, 0.3) is 10.4 Å². The molecule has 0 spiro atoms. The van der Waals surface area contributed by atoms with Crippen LogP contribution in [0.15, 0.2) is 23.3 Å². The van der Waals surface area contributed by atoms with Crippen LogP contribution in [0.2, 0.25) is 5.02 Å². The van der Waals surface area contributed by atoms with E-state index in [1.807, 2.05) is 0 Å². The van der Waals surface area contributed by atoms with Crippen LogP contribution in [0, 0.1) is 0 Å². The molecule has 122 valence electrons. The van der Waals surface area contributed by atoms with Gasteiger partial charge in [0, 0.05) is 23.0 Å². The van der Waals surface area contributed by atoms with Gasteiger partial charge in [0.25, 0.3) is 11.7 Å². The van der Waals surface area contributed by atoms with E-state index >= 15 is 0 Å². The van der Waals surface area contributed by atoms with Gasteiger partial charge in [-0.05, 0) is 36.6 Å². The van der Waals surface area contributed by atoms with E-state index in [1.54, 1.807) is 23.1 Å². The van der Waals surface area contributed by atoms with Crippen LogP contribution in [0.1, 0.15) is 48.9 Å². The standard InChI is InChI=1S/C16H19ClN4O2/c17-12-7-8-14-13(11-12)15(22)16(23)21(14)10-6-4-2-1-3-5-9-19-20-18/h7-8,11H,1-6,9-10H2. The lowest BCUT2D eigenvalue weighted by Crippen LogP contribution is -2.30. The van der Waals surface area contributed by atoms with Gasteiger partial charge in [-0.2, -0.15) is 0 Å². The molecule has 1 aromatic rings. The summed E-state index contributed by atoms with van der Waals surface area (Å²) in [5, 5.41) is 3.96. The summed E-state index contributed by atoms with van der Waals surface area (Å²) in [6.07, 6.45) is 5.97. The molecule has 0 radical (unpaired) electrons. The lowest BCUT2D eigenvalue weighted by molar-refractivity contribution is -0.114. The largest absolute Gasteiger partial charge is 0.305 e. The van der Waals surface area contributed by atoms with Crippen LogP contribution in [0.4, 0.5) is 5.69 Å². The Hall–Kier alpha value is -2.04. The van der Waals surface area contributed by atoms with Gasteiger partial charge in [0.15, 0.2) is 0 Å². The smallest absolute Gasteiger partial charge is 0.299 e. The fourth-order valence-electron chi connectivity index (χ4n) is 2.70. The number of amides is 1. The maximum atomic E-state index is 12.0. The number of unbranched alkanes of at least 4 members (excludes halogenated alkanes) is 5. The first-order chi connectivity index (χ1) is 11.1. The molecule has 0 aliphatic carbocycles. The molecule has 0 atom stereocenters. The van der Waals surface area contributed by atoms with Gasteiger partial charge < -0.3 is 4.90 Å². The second-order valence-electron chi connectivity index (χ2n) is 5.52. The third-order valence-electron chi connectivity index (χ3n) is 3.89. The summed E-state index contributed by atoms with van der Waals surface area (Å²) in [5.74, 6) is -0.933. The first-order valence-corrected chi connectivity index (χ1v) is 8.19. The number of ketones is 1. The highest BCUT2D eigenvalue weighted by Crippen LogP contribution is 2.31. The second kappa shape index (κ2) is 8.56. The van der Waals surface area contributed by atoms with Crippen LogP contribution in [-0.4, -0.2) is 24.8 Å². The first kappa shape index (κ1) is 17.3. The van der Waals surface area contributed by atoms with E-state index in [9.17, 15) is 9.59 Å². The van der Waals surface area contributed by atoms with Crippen LogP contribution < -0.4 is 4.90 Å². The Morgan fingerprint density at radius 3 is 2.52 bits per heavy atom. The molecule has 6 nitrogen and oxygen atoms in total. The summed E-state index contributed by atoms with van der Waals surface area (Å²) in [6, 6.07) is 4.99. The highest BCUT2D eigenvalue weighted by atomic mass is 35.5. The maximum absolute atomic E-state index is 12.0. The van der Waals surface area contributed by atoms with E-state index in [4.69, 9.17) is 17.1 Å². The predicted molar refractivity (Wildman–Crippen MR) is 89.9 cm³/mol. The Bertz CT molecular complexity index is 641. The number of fused-ring (bicyclic) bond motifs is 1. The van der Waals surface area contributed by atoms with E-state index in [0.717, 1.165) is 38.5 Å². The number of hydrogen-bond donors (Lipinski definition) is 0. The zero-order valence-corrected chi connectivity index (χ0v) is 13.6. The van der Waals surface area contributed by atoms with E-state index < -0.39 is 11.7 Å². The van der Waals surface area contributed by atoms with Crippen LogP contribution >= 0.6 is 11.6 Å². The molecule has 2 rings (SSSR count). The van der Waals surface area contributed by atoms with Gasteiger partial charge in [0.1, 0.15) is 0 Å². The van der Waals surface area contributed by atoms with Gasteiger partial charge in [-0.15, -0.1) is 0 Å². The molecule has 23 heavy (non-hydrogen) atoms. The SMILES string of the molecule is [N-]=[N+]=NCCCCCCCCN1C(=O)C(=O)c2cc(Cl)ccc21. The van der Waals surface area contributed by atoms with Gasteiger partial charge in [0.05, 0.1) is 11.3 Å². The van der Waals surface area contributed by atoms with Crippen molar-refractivity contribution in [2.24, 2.45) is 5.11 Å². The molecule has 0 unspecified atom stereocenters. The fourth-order valence-corrected chi connectivity index (χ4v) is 2.87. The average Bonchev–Trinajstić information content (AvgIpc) is 2.78. The first-order valence-electron chi connectivity index (χ1n) is 7.81. The topological polar surface area (TPSA) is 86.1 Å². The summed E-state index contributed by atoms with van der Waals surface area (Å²) in [4.78, 5) is 28.2. The number of rotatable bonds is 9. The monoisotopic (exact) mass is 334 g/mol. The van der Waals surface area contributed by atoms with Gasteiger partial charge in [-0.25, -0.2) is 0 Å². The van der Waals surface area contributed by atoms with Crippen molar-refractivity contribution >= 4 is 29.0 Å². The van der Waals surface area contributed by atoms with Gasteiger partial charge in [-0.3, -0.25) is 9.59 Å². The minimum Gasteiger partial charge on any atom is -0.305 e. The molecule has 0 N–H and O–H groups in total. The Morgan fingerprint density at radius 2 is 1.78 bits per heavy atom. The van der Waals surface area contributed by atoms with Crippen LogP contribution in [-0.2, 0) is 4.79 Å². The van der Waals surface area contributed by atoms with Crippen molar-refractivity contribution in [2.75, 3.05) is 18.0 Å². The molecule has 1 aliphatic heterocycles.